The van der Waals surface area contributed by atoms with Crippen molar-refractivity contribution in [2.45, 2.75) is 45.6 Å². The lowest BCUT2D eigenvalue weighted by Crippen LogP contribution is -2.53. The van der Waals surface area contributed by atoms with Crippen molar-refractivity contribution in [3.8, 4) is 5.75 Å². The fourth-order valence-corrected chi connectivity index (χ4v) is 3.89. The lowest BCUT2D eigenvalue weighted by Gasteiger charge is -2.45. The first-order valence-electron chi connectivity index (χ1n) is 8.95. The number of amides is 2. The molecule has 138 valence electrons. The van der Waals surface area contributed by atoms with Gasteiger partial charge in [0, 0.05) is 21.9 Å². The highest BCUT2D eigenvalue weighted by molar-refractivity contribution is 6.30. The van der Waals surface area contributed by atoms with Gasteiger partial charge in [0.05, 0.1) is 6.61 Å². The van der Waals surface area contributed by atoms with Gasteiger partial charge in [-0.2, -0.15) is 0 Å². The molecular formula is C21H25ClN2O2. The van der Waals surface area contributed by atoms with Crippen LogP contribution < -0.4 is 15.0 Å². The third kappa shape index (κ3) is 3.65. The molecule has 5 heteroatoms. The molecule has 26 heavy (non-hydrogen) atoms. The predicted molar refractivity (Wildman–Crippen MR) is 108 cm³/mol. The number of benzene rings is 2. The van der Waals surface area contributed by atoms with Gasteiger partial charge in [-0.3, -0.25) is 4.90 Å². The predicted octanol–water partition coefficient (Wildman–Crippen LogP) is 6.06. The maximum absolute atomic E-state index is 13.1. The fraction of sp³-hybridized carbons (Fsp3) is 0.381. The van der Waals surface area contributed by atoms with E-state index in [-0.39, 0.29) is 11.6 Å². The number of rotatable bonds is 3. The third-order valence-electron chi connectivity index (χ3n) is 4.79. The molecule has 0 aliphatic carbocycles. The van der Waals surface area contributed by atoms with Crippen molar-refractivity contribution in [1.82, 2.24) is 0 Å². The summed E-state index contributed by atoms with van der Waals surface area (Å²) in [6, 6.07) is 13.0. The first-order valence-corrected chi connectivity index (χ1v) is 9.33. The minimum atomic E-state index is -0.296. The van der Waals surface area contributed by atoms with Gasteiger partial charge in [-0.25, -0.2) is 4.79 Å². The third-order valence-corrected chi connectivity index (χ3v) is 5.04. The molecule has 1 aliphatic rings. The van der Waals surface area contributed by atoms with Gasteiger partial charge < -0.3 is 10.1 Å². The van der Waals surface area contributed by atoms with Gasteiger partial charge in [-0.15, -0.1) is 0 Å². The van der Waals surface area contributed by atoms with Crippen molar-refractivity contribution in [3.05, 3.63) is 53.1 Å². The molecule has 2 amide bonds. The average molecular weight is 373 g/mol. The molecule has 0 saturated carbocycles. The summed E-state index contributed by atoms with van der Waals surface area (Å²) in [5, 5.41) is 3.63. The smallest absolute Gasteiger partial charge is 0.326 e. The quantitative estimate of drug-likeness (QED) is 0.711. The van der Waals surface area contributed by atoms with Crippen LogP contribution in [0, 0.1) is 0 Å². The fourth-order valence-electron chi connectivity index (χ4n) is 3.76. The number of carbonyl (C=O) groups is 1. The first-order chi connectivity index (χ1) is 12.3. The molecule has 0 spiro atoms. The number of hydrogen-bond acceptors (Lipinski definition) is 2. The zero-order valence-corrected chi connectivity index (χ0v) is 16.4. The van der Waals surface area contributed by atoms with E-state index in [2.05, 4.69) is 32.2 Å². The van der Waals surface area contributed by atoms with E-state index < -0.39 is 0 Å². The van der Waals surface area contributed by atoms with E-state index in [0.29, 0.717) is 17.5 Å². The number of nitrogens with one attached hydrogen (secondary N) is 1. The molecular weight excluding hydrogens is 348 g/mol. The summed E-state index contributed by atoms with van der Waals surface area (Å²) >= 11 is 5.93. The van der Waals surface area contributed by atoms with Gasteiger partial charge in [0.15, 0.2) is 0 Å². The molecule has 0 aromatic heterocycles. The van der Waals surface area contributed by atoms with Crippen molar-refractivity contribution < 1.29 is 9.53 Å². The van der Waals surface area contributed by atoms with Gasteiger partial charge in [-0.05, 0) is 81.1 Å². The zero-order chi connectivity index (χ0) is 18.9. The van der Waals surface area contributed by atoms with Crippen LogP contribution in [0.15, 0.2) is 42.5 Å². The van der Waals surface area contributed by atoms with Crippen LogP contribution in [-0.4, -0.2) is 18.2 Å². The number of halogens is 1. The molecule has 0 fully saturated rings. The summed E-state index contributed by atoms with van der Waals surface area (Å²) in [7, 11) is 0. The van der Waals surface area contributed by atoms with Gasteiger partial charge in [-0.1, -0.05) is 18.5 Å². The molecule has 0 radical (unpaired) electrons. The van der Waals surface area contributed by atoms with Crippen LogP contribution in [0.4, 0.5) is 16.2 Å². The van der Waals surface area contributed by atoms with Gasteiger partial charge >= 0.3 is 6.03 Å². The second-order valence-corrected chi connectivity index (χ2v) is 7.78. The molecule has 3 rings (SSSR count). The molecule has 1 atom stereocenters. The molecule has 4 nitrogen and oxygen atoms in total. The summed E-state index contributed by atoms with van der Waals surface area (Å²) in [6.45, 7) is 9.00. The molecule has 0 bridgehead atoms. The van der Waals surface area contributed by atoms with E-state index in [1.54, 1.807) is 24.3 Å². The van der Waals surface area contributed by atoms with Gasteiger partial charge in [0.1, 0.15) is 5.75 Å². The highest BCUT2D eigenvalue weighted by Gasteiger charge is 2.40. The Labute approximate surface area is 160 Å². The van der Waals surface area contributed by atoms with Crippen molar-refractivity contribution in [2.75, 3.05) is 16.8 Å². The van der Waals surface area contributed by atoms with Gasteiger partial charge in [0.25, 0.3) is 0 Å². The molecule has 0 unspecified atom stereocenters. The standard InChI is InChI=1S/C21H25ClN2O2/c1-5-26-17-10-11-19-18(12-17)14(2)13-21(3,4)24(19)20(25)23-16-8-6-15(22)7-9-16/h6-12,14H,5,13H2,1-4H3,(H,23,25)/t14-/m0/s1. The molecule has 2 aromatic carbocycles. The van der Waals surface area contributed by atoms with E-state index in [9.17, 15) is 4.79 Å². The van der Waals surface area contributed by atoms with E-state index in [1.165, 1.54) is 0 Å². The lowest BCUT2D eigenvalue weighted by atomic mass is 9.80. The average Bonchev–Trinajstić information content (AvgIpc) is 2.57. The van der Waals surface area contributed by atoms with E-state index >= 15 is 0 Å². The molecule has 1 N–H and O–H groups in total. The van der Waals surface area contributed by atoms with E-state index in [1.807, 2.05) is 24.0 Å². The van der Waals surface area contributed by atoms with Crippen LogP contribution >= 0.6 is 11.6 Å². The maximum atomic E-state index is 13.1. The summed E-state index contributed by atoms with van der Waals surface area (Å²) in [4.78, 5) is 15.0. The number of nitrogens with zero attached hydrogens (tertiary/aromatic N) is 1. The number of anilines is 2. The number of fused-ring (bicyclic) bond motifs is 1. The largest absolute Gasteiger partial charge is 0.494 e. The molecule has 2 aromatic rings. The summed E-state index contributed by atoms with van der Waals surface area (Å²) in [5.41, 5.74) is 2.50. The molecule has 1 heterocycles. The van der Waals surface area contributed by atoms with Crippen LogP contribution in [-0.2, 0) is 0 Å². The zero-order valence-electron chi connectivity index (χ0n) is 15.7. The number of carbonyl (C=O) groups excluding carboxylic acids is 1. The van der Waals surface area contributed by atoms with Gasteiger partial charge in [0.2, 0.25) is 0 Å². The Balaban J connectivity index is 1.95. The summed E-state index contributed by atoms with van der Waals surface area (Å²) < 4.78 is 5.64. The van der Waals surface area contributed by atoms with Crippen molar-refractivity contribution in [1.29, 1.82) is 0 Å². The Hall–Kier alpha value is -2.20. The lowest BCUT2D eigenvalue weighted by molar-refractivity contribution is 0.247. The Morgan fingerprint density at radius 1 is 1.27 bits per heavy atom. The van der Waals surface area contributed by atoms with Crippen LogP contribution in [0.5, 0.6) is 5.75 Å². The number of urea groups is 1. The summed E-state index contributed by atoms with van der Waals surface area (Å²) in [6.07, 6.45) is 0.879. The number of hydrogen-bond donors (Lipinski definition) is 1. The topological polar surface area (TPSA) is 41.6 Å². The summed E-state index contributed by atoms with van der Waals surface area (Å²) in [5.74, 6) is 1.19. The van der Waals surface area contributed by atoms with Crippen LogP contribution in [0.25, 0.3) is 0 Å². The minimum Gasteiger partial charge on any atom is -0.494 e. The van der Waals surface area contributed by atoms with Crippen molar-refractivity contribution >= 4 is 29.0 Å². The normalized spacial score (nSPS) is 18.2. The Bertz CT molecular complexity index is 802. The number of ether oxygens (including phenoxy) is 1. The molecule has 0 saturated heterocycles. The SMILES string of the molecule is CCOc1ccc2c(c1)[C@@H](C)CC(C)(C)N2C(=O)Nc1ccc(Cl)cc1. The van der Waals surface area contributed by atoms with Crippen molar-refractivity contribution in [2.24, 2.45) is 0 Å². The highest BCUT2D eigenvalue weighted by Crippen LogP contribution is 2.44. The highest BCUT2D eigenvalue weighted by atomic mass is 35.5. The van der Waals surface area contributed by atoms with Crippen molar-refractivity contribution in [3.63, 3.8) is 0 Å². The second kappa shape index (κ2) is 7.20. The Kier molecular flexibility index (Phi) is 5.15. The Morgan fingerprint density at radius 2 is 1.96 bits per heavy atom. The van der Waals surface area contributed by atoms with Crippen LogP contribution in [0.2, 0.25) is 5.02 Å². The second-order valence-electron chi connectivity index (χ2n) is 7.34. The minimum absolute atomic E-state index is 0.144. The first kappa shape index (κ1) is 18.6. The van der Waals surface area contributed by atoms with E-state index in [4.69, 9.17) is 16.3 Å². The van der Waals surface area contributed by atoms with Crippen LogP contribution in [0.3, 0.4) is 0 Å². The van der Waals surface area contributed by atoms with Crippen LogP contribution in [0.1, 0.15) is 45.6 Å². The Morgan fingerprint density at radius 3 is 2.62 bits per heavy atom. The monoisotopic (exact) mass is 372 g/mol. The molecule has 1 aliphatic heterocycles. The van der Waals surface area contributed by atoms with E-state index in [0.717, 1.165) is 29.1 Å². The maximum Gasteiger partial charge on any atom is 0.326 e.